The summed E-state index contributed by atoms with van der Waals surface area (Å²) in [6, 6.07) is 5.25. The fourth-order valence-corrected chi connectivity index (χ4v) is 3.12. The number of nitro groups is 1. The zero-order valence-corrected chi connectivity index (χ0v) is 14.7. The van der Waals surface area contributed by atoms with Gasteiger partial charge in [0.2, 0.25) is 0 Å². The van der Waals surface area contributed by atoms with E-state index >= 15 is 0 Å². The molecule has 0 spiro atoms. The molecule has 0 saturated carbocycles. The van der Waals surface area contributed by atoms with Crippen LogP contribution in [-0.2, 0) is 6.18 Å². The Labute approximate surface area is 161 Å². The summed E-state index contributed by atoms with van der Waals surface area (Å²) < 4.78 is 66.1. The summed E-state index contributed by atoms with van der Waals surface area (Å²) >= 11 is 0. The summed E-state index contributed by atoms with van der Waals surface area (Å²) in [4.78, 5) is 25.4. The fraction of sp³-hybridized carbons (Fsp3) is 0.278. The predicted octanol–water partition coefficient (Wildman–Crippen LogP) is 3.85. The third-order valence-corrected chi connectivity index (χ3v) is 4.58. The lowest BCUT2D eigenvalue weighted by molar-refractivity contribution is -0.384. The Kier molecular flexibility index (Phi) is 5.40. The number of hydrogen-bond acceptors (Lipinski definition) is 4. The molecular formula is C18H14F5N3O3. The van der Waals surface area contributed by atoms with Crippen LogP contribution >= 0.6 is 0 Å². The molecule has 1 aliphatic rings. The van der Waals surface area contributed by atoms with Crippen LogP contribution in [0.2, 0.25) is 0 Å². The van der Waals surface area contributed by atoms with E-state index < -0.39 is 45.5 Å². The van der Waals surface area contributed by atoms with Crippen molar-refractivity contribution in [3.8, 4) is 0 Å². The number of hydrogen-bond donors (Lipinski definition) is 0. The monoisotopic (exact) mass is 415 g/mol. The Balaban J connectivity index is 1.79. The second-order valence-corrected chi connectivity index (χ2v) is 6.33. The minimum Gasteiger partial charge on any atom is -0.362 e. The molecule has 11 heteroatoms. The molecule has 0 atom stereocenters. The highest BCUT2D eigenvalue weighted by molar-refractivity contribution is 5.95. The van der Waals surface area contributed by atoms with Crippen molar-refractivity contribution in [3.63, 3.8) is 0 Å². The molecule has 29 heavy (non-hydrogen) atoms. The number of nitrogens with zero attached hydrogens (tertiary/aromatic N) is 3. The van der Waals surface area contributed by atoms with Crippen molar-refractivity contribution in [2.45, 2.75) is 6.18 Å². The lowest BCUT2D eigenvalue weighted by atomic mass is 10.1. The van der Waals surface area contributed by atoms with Crippen molar-refractivity contribution in [1.82, 2.24) is 4.90 Å². The van der Waals surface area contributed by atoms with Gasteiger partial charge in [-0.1, -0.05) is 6.07 Å². The van der Waals surface area contributed by atoms with Crippen LogP contribution in [0.4, 0.5) is 33.3 Å². The maximum absolute atomic E-state index is 13.8. The number of benzene rings is 2. The van der Waals surface area contributed by atoms with Gasteiger partial charge < -0.3 is 9.80 Å². The number of piperazine rings is 1. The molecule has 154 valence electrons. The van der Waals surface area contributed by atoms with E-state index in [9.17, 15) is 36.9 Å². The standard InChI is InChI=1S/C18H14F5N3O3/c19-12-2-1-3-13(20)16(12)17(27)25-8-6-24(7-9-25)14-5-4-11(18(21,22)23)10-15(14)26(28)29/h1-5,10H,6-9H2. The molecular weight excluding hydrogens is 401 g/mol. The average molecular weight is 415 g/mol. The van der Waals surface area contributed by atoms with Crippen molar-refractivity contribution < 1.29 is 31.7 Å². The van der Waals surface area contributed by atoms with Gasteiger partial charge in [-0.3, -0.25) is 14.9 Å². The Morgan fingerprint density at radius 3 is 2.10 bits per heavy atom. The van der Waals surface area contributed by atoms with Crippen molar-refractivity contribution >= 4 is 17.3 Å². The van der Waals surface area contributed by atoms with E-state index in [0.29, 0.717) is 6.07 Å². The number of halogens is 5. The van der Waals surface area contributed by atoms with Gasteiger partial charge >= 0.3 is 6.18 Å². The Bertz CT molecular complexity index is 936. The molecule has 0 bridgehead atoms. The van der Waals surface area contributed by atoms with E-state index in [-0.39, 0.29) is 31.9 Å². The zero-order valence-electron chi connectivity index (χ0n) is 14.7. The Morgan fingerprint density at radius 1 is 1.00 bits per heavy atom. The molecule has 1 aliphatic heterocycles. The van der Waals surface area contributed by atoms with Crippen LogP contribution in [0.15, 0.2) is 36.4 Å². The number of anilines is 1. The molecule has 0 radical (unpaired) electrons. The molecule has 1 fully saturated rings. The van der Waals surface area contributed by atoms with Crippen LogP contribution in [0.25, 0.3) is 0 Å². The number of amides is 1. The molecule has 0 unspecified atom stereocenters. The van der Waals surface area contributed by atoms with E-state index in [4.69, 9.17) is 0 Å². The number of alkyl halides is 3. The van der Waals surface area contributed by atoms with E-state index in [1.807, 2.05) is 0 Å². The normalized spacial score (nSPS) is 14.8. The average Bonchev–Trinajstić information content (AvgIpc) is 2.66. The molecule has 3 rings (SSSR count). The van der Waals surface area contributed by atoms with E-state index in [1.54, 1.807) is 0 Å². The van der Waals surface area contributed by atoms with Crippen molar-refractivity contribution in [2.24, 2.45) is 0 Å². The van der Waals surface area contributed by atoms with Crippen molar-refractivity contribution in [2.75, 3.05) is 31.1 Å². The van der Waals surface area contributed by atoms with Gasteiger partial charge in [-0.2, -0.15) is 13.2 Å². The molecule has 0 aliphatic carbocycles. The lowest BCUT2D eigenvalue weighted by Gasteiger charge is -2.36. The summed E-state index contributed by atoms with van der Waals surface area (Å²) in [6.45, 7) is 0.0810. The molecule has 1 heterocycles. The number of rotatable bonds is 3. The van der Waals surface area contributed by atoms with Crippen LogP contribution in [0, 0.1) is 21.7 Å². The van der Waals surface area contributed by atoms with E-state index in [2.05, 4.69) is 0 Å². The second-order valence-electron chi connectivity index (χ2n) is 6.33. The first-order valence-electron chi connectivity index (χ1n) is 8.43. The molecule has 2 aromatic carbocycles. The van der Waals surface area contributed by atoms with Gasteiger partial charge in [0.1, 0.15) is 22.9 Å². The van der Waals surface area contributed by atoms with Crippen LogP contribution in [0.1, 0.15) is 15.9 Å². The lowest BCUT2D eigenvalue weighted by Crippen LogP contribution is -2.49. The summed E-state index contributed by atoms with van der Waals surface area (Å²) in [7, 11) is 0. The SMILES string of the molecule is O=C(c1c(F)cccc1F)N1CCN(c2ccc(C(F)(F)F)cc2[N+](=O)[O-])CC1. The highest BCUT2D eigenvalue weighted by atomic mass is 19.4. The molecule has 0 N–H and O–H groups in total. The molecule has 2 aromatic rings. The molecule has 1 amide bonds. The van der Waals surface area contributed by atoms with Gasteiger partial charge in [-0.25, -0.2) is 8.78 Å². The summed E-state index contributed by atoms with van der Waals surface area (Å²) in [5.41, 5.74) is -2.56. The van der Waals surface area contributed by atoms with Crippen LogP contribution in [-0.4, -0.2) is 41.9 Å². The first-order valence-corrected chi connectivity index (χ1v) is 8.43. The van der Waals surface area contributed by atoms with Gasteiger partial charge in [0.15, 0.2) is 0 Å². The molecule has 1 saturated heterocycles. The number of carbonyl (C=O) groups is 1. The van der Waals surface area contributed by atoms with Gasteiger partial charge in [0.25, 0.3) is 11.6 Å². The quantitative estimate of drug-likeness (QED) is 0.434. The van der Waals surface area contributed by atoms with Gasteiger partial charge in [0, 0.05) is 32.2 Å². The van der Waals surface area contributed by atoms with Crippen LogP contribution < -0.4 is 4.90 Å². The van der Waals surface area contributed by atoms with E-state index in [0.717, 1.165) is 30.3 Å². The number of nitro benzene ring substituents is 1. The van der Waals surface area contributed by atoms with Crippen LogP contribution in [0.5, 0.6) is 0 Å². The Morgan fingerprint density at radius 2 is 1.59 bits per heavy atom. The highest BCUT2D eigenvalue weighted by Crippen LogP contribution is 2.36. The maximum Gasteiger partial charge on any atom is 0.416 e. The Hall–Kier alpha value is -3.24. The second kappa shape index (κ2) is 7.64. The highest BCUT2D eigenvalue weighted by Gasteiger charge is 2.35. The topological polar surface area (TPSA) is 66.7 Å². The largest absolute Gasteiger partial charge is 0.416 e. The van der Waals surface area contributed by atoms with Gasteiger partial charge in [-0.05, 0) is 24.3 Å². The van der Waals surface area contributed by atoms with E-state index in [1.165, 1.54) is 9.80 Å². The van der Waals surface area contributed by atoms with Gasteiger partial charge in [0.05, 0.1) is 10.5 Å². The first-order chi connectivity index (χ1) is 13.6. The minimum absolute atomic E-state index is 0.00914. The van der Waals surface area contributed by atoms with Crippen molar-refractivity contribution in [3.05, 3.63) is 69.3 Å². The first kappa shape index (κ1) is 20.5. The van der Waals surface area contributed by atoms with Crippen molar-refractivity contribution in [1.29, 1.82) is 0 Å². The third kappa shape index (κ3) is 4.13. The summed E-state index contributed by atoms with van der Waals surface area (Å²) in [5.74, 6) is -2.87. The van der Waals surface area contributed by atoms with Crippen LogP contribution in [0.3, 0.4) is 0 Å². The maximum atomic E-state index is 13.8. The zero-order chi connectivity index (χ0) is 21.3. The number of carbonyl (C=O) groups excluding carboxylic acids is 1. The smallest absolute Gasteiger partial charge is 0.362 e. The predicted molar refractivity (Wildman–Crippen MR) is 92.6 cm³/mol. The van der Waals surface area contributed by atoms with Gasteiger partial charge in [-0.15, -0.1) is 0 Å². The summed E-state index contributed by atoms with van der Waals surface area (Å²) in [6.07, 6.45) is -4.72. The summed E-state index contributed by atoms with van der Waals surface area (Å²) in [5, 5.41) is 11.2. The molecule has 0 aromatic heterocycles. The third-order valence-electron chi connectivity index (χ3n) is 4.58. The minimum atomic E-state index is -4.72. The fourth-order valence-electron chi connectivity index (χ4n) is 3.12. The molecule has 6 nitrogen and oxygen atoms in total.